The van der Waals surface area contributed by atoms with Crippen molar-refractivity contribution in [2.24, 2.45) is 0 Å². The first kappa shape index (κ1) is 20.5. The van der Waals surface area contributed by atoms with E-state index >= 15 is 0 Å². The summed E-state index contributed by atoms with van der Waals surface area (Å²) in [5.41, 5.74) is 2.93. The van der Waals surface area contributed by atoms with Crippen molar-refractivity contribution in [3.8, 4) is 0 Å². The molecule has 0 fully saturated rings. The van der Waals surface area contributed by atoms with Crippen molar-refractivity contribution in [3.63, 3.8) is 0 Å². The van der Waals surface area contributed by atoms with Crippen LogP contribution < -0.4 is 0 Å². The summed E-state index contributed by atoms with van der Waals surface area (Å²) in [6, 6.07) is 21.4. The molecule has 1 unspecified atom stereocenters. The molecule has 3 rings (SSSR count). The number of carbonyl (C=O) groups is 1. The van der Waals surface area contributed by atoms with Crippen LogP contribution in [0.15, 0.2) is 72.9 Å². The average Bonchev–Trinajstić information content (AvgIpc) is 3.15. The van der Waals surface area contributed by atoms with E-state index in [1.54, 1.807) is 0 Å². The molecule has 1 atom stereocenters. The Morgan fingerprint density at radius 2 is 1.75 bits per heavy atom. The maximum atomic E-state index is 13.0. The van der Waals surface area contributed by atoms with Gasteiger partial charge < -0.3 is 9.47 Å². The second-order valence-electron chi connectivity index (χ2n) is 6.75. The average molecular weight is 415 g/mol. The predicted molar refractivity (Wildman–Crippen MR) is 116 cm³/mol. The summed E-state index contributed by atoms with van der Waals surface area (Å²) >= 11 is 12.8. The Kier molecular flexibility index (Phi) is 7.18. The van der Waals surface area contributed by atoms with Crippen LogP contribution >= 0.6 is 23.2 Å². The number of halogens is 2. The van der Waals surface area contributed by atoms with Crippen LogP contribution in [0.4, 0.5) is 0 Å². The normalized spacial score (nSPS) is 12.0. The van der Waals surface area contributed by atoms with E-state index < -0.39 is 5.38 Å². The van der Waals surface area contributed by atoms with Gasteiger partial charge in [-0.2, -0.15) is 0 Å². The Morgan fingerprint density at radius 3 is 2.46 bits per heavy atom. The standard InChI is InChI=1S/C23H24Cl2N2O/c1-2-14-27(23(28)22(25)18-9-4-3-5-10-18)17-20-12-8-15-26(20)16-19-11-6-7-13-21(19)24/h3-13,15,22H,2,14,16-17H2,1H3. The molecule has 1 amide bonds. The molecule has 0 radical (unpaired) electrons. The predicted octanol–water partition coefficient (Wildman–Crippen LogP) is 5.91. The fraction of sp³-hybridized carbons (Fsp3) is 0.261. The van der Waals surface area contributed by atoms with E-state index in [1.165, 1.54) is 0 Å². The summed E-state index contributed by atoms with van der Waals surface area (Å²) < 4.78 is 2.13. The maximum absolute atomic E-state index is 13.0. The van der Waals surface area contributed by atoms with E-state index in [-0.39, 0.29) is 5.91 Å². The number of hydrogen-bond donors (Lipinski definition) is 0. The molecule has 0 N–H and O–H groups in total. The van der Waals surface area contributed by atoms with Crippen molar-refractivity contribution in [2.45, 2.75) is 31.8 Å². The summed E-state index contributed by atoms with van der Waals surface area (Å²) in [6.45, 7) is 3.90. The summed E-state index contributed by atoms with van der Waals surface area (Å²) in [6.07, 6.45) is 2.89. The first-order chi connectivity index (χ1) is 13.6. The number of nitrogens with zero attached hydrogens (tertiary/aromatic N) is 2. The molecule has 0 aliphatic heterocycles. The van der Waals surface area contributed by atoms with Crippen molar-refractivity contribution in [2.75, 3.05) is 6.54 Å². The monoisotopic (exact) mass is 414 g/mol. The SMILES string of the molecule is CCCN(Cc1cccn1Cc1ccccc1Cl)C(=O)C(Cl)c1ccccc1. The quantitative estimate of drug-likeness (QED) is 0.420. The third-order valence-electron chi connectivity index (χ3n) is 4.69. The molecule has 1 aromatic heterocycles. The maximum Gasteiger partial charge on any atom is 0.245 e. The van der Waals surface area contributed by atoms with Gasteiger partial charge in [0.15, 0.2) is 0 Å². The second-order valence-corrected chi connectivity index (χ2v) is 7.60. The Hall–Kier alpha value is -2.23. The van der Waals surface area contributed by atoms with Gasteiger partial charge in [0, 0.05) is 30.0 Å². The molecule has 28 heavy (non-hydrogen) atoms. The molecular formula is C23H24Cl2N2O. The van der Waals surface area contributed by atoms with E-state index in [1.807, 2.05) is 77.8 Å². The minimum absolute atomic E-state index is 0.0692. The zero-order chi connectivity index (χ0) is 19.9. The number of benzene rings is 2. The highest BCUT2D eigenvalue weighted by Crippen LogP contribution is 2.24. The molecule has 0 saturated heterocycles. The molecule has 3 aromatic rings. The van der Waals surface area contributed by atoms with Crippen molar-refractivity contribution < 1.29 is 4.79 Å². The Morgan fingerprint density at radius 1 is 1.04 bits per heavy atom. The molecule has 0 bridgehead atoms. The van der Waals surface area contributed by atoms with Gasteiger partial charge in [-0.05, 0) is 35.7 Å². The molecule has 0 aliphatic carbocycles. The largest absolute Gasteiger partial charge is 0.345 e. The van der Waals surface area contributed by atoms with Gasteiger partial charge in [-0.3, -0.25) is 4.79 Å². The zero-order valence-corrected chi connectivity index (χ0v) is 17.4. The van der Waals surface area contributed by atoms with Crippen molar-refractivity contribution in [3.05, 3.63) is 94.8 Å². The molecule has 0 saturated carbocycles. The van der Waals surface area contributed by atoms with Crippen LogP contribution in [0, 0.1) is 0 Å². The third kappa shape index (κ3) is 4.98. The lowest BCUT2D eigenvalue weighted by Gasteiger charge is -2.25. The van der Waals surface area contributed by atoms with E-state index in [9.17, 15) is 4.79 Å². The molecule has 3 nitrogen and oxygen atoms in total. The topological polar surface area (TPSA) is 25.2 Å². The van der Waals surface area contributed by atoms with Crippen molar-refractivity contribution in [1.29, 1.82) is 0 Å². The van der Waals surface area contributed by atoms with Gasteiger partial charge in [-0.25, -0.2) is 0 Å². The van der Waals surface area contributed by atoms with Crippen LogP contribution in [0.25, 0.3) is 0 Å². The van der Waals surface area contributed by atoms with E-state index in [4.69, 9.17) is 23.2 Å². The van der Waals surface area contributed by atoms with Crippen LogP contribution in [0.5, 0.6) is 0 Å². The van der Waals surface area contributed by atoms with Crippen LogP contribution in [-0.4, -0.2) is 21.9 Å². The summed E-state index contributed by atoms with van der Waals surface area (Å²) in [4.78, 5) is 14.9. The molecule has 0 spiro atoms. The van der Waals surface area contributed by atoms with E-state index in [0.717, 1.165) is 28.3 Å². The first-order valence-electron chi connectivity index (χ1n) is 9.45. The fourth-order valence-corrected chi connectivity index (χ4v) is 3.69. The molecule has 0 aliphatic rings. The lowest BCUT2D eigenvalue weighted by atomic mass is 10.1. The van der Waals surface area contributed by atoms with Gasteiger partial charge >= 0.3 is 0 Å². The van der Waals surface area contributed by atoms with Crippen molar-refractivity contribution >= 4 is 29.1 Å². The molecular weight excluding hydrogens is 391 g/mol. The van der Waals surface area contributed by atoms with E-state index in [2.05, 4.69) is 11.5 Å². The highest BCUT2D eigenvalue weighted by atomic mass is 35.5. The molecule has 146 valence electrons. The Labute approximate surface area is 176 Å². The van der Waals surface area contributed by atoms with Crippen molar-refractivity contribution in [1.82, 2.24) is 9.47 Å². The van der Waals surface area contributed by atoms with Gasteiger partial charge in [0.2, 0.25) is 5.91 Å². The fourth-order valence-electron chi connectivity index (χ4n) is 3.21. The van der Waals surface area contributed by atoms with Gasteiger partial charge in [0.1, 0.15) is 5.38 Å². The van der Waals surface area contributed by atoms with Crippen LogP contribution in [-0.2, 0) is 17.9 Å². The summed E-state index contributed by atoms with van der Waals surface area (Å²) in [7, 11) is 0. The summed E-state index contributed by atoms with van der Waals surface area (Å²) in [5, 5.41) is 0.0632. The van der Waals surface area contributed by atoms with Gasteiger partial charge in [0.25, 0.3) is 0 Å². The minimum Gasteiger partial charge on any atom is -0.345 e. The van der Waals surface area contributed by atoms with Crippen LogP contribution in [0.2, 0.25) is 5.02 Å². The number of alkyl halides is 1. The lowest BCUT2D eigenvalue weighted by Crippen LogP contribution is -2.34. The number of amides is 1. The smallest absolute Gasteiger partial charge is 0.245 e. The van der Waals surface area contributed by atoms with Crippen LogP contribution in [0.3, 0.4) is 0 Å². The second kappa shape index (κ2) is 9.81. The molecule has 1 heterocycles. The zero-order valence-electron chi connectivity index (χ0n) is 15.9. The Bertz CT molecular complexity index is 908. The van der Waals surface area contributed by atoms with Gasteiger partial charge in [-0.15, -0.1) is 11.6 Å². The highest BCUT2D eigenvalue weighted by molar-refractivity contribution is 6.31. The summed E-state index contributed by atoms with van der Waals surface area (Å²) in [5.74, 6) is -0.0692. The number of carbonyl (C=O) groups excluding carboxylic acids is 1. The van der Waals surface area contributed by atoms with Gasteiger partial charge in [0.05, 0.1) is 6.54 Å². The van der Waals surface area contributed by atoms with Gasteiger partial charge in [-0.1, -0.05) is 67.1 Å². The van der Waals surface area contributed by atoms with Crippen LogP contribution in [0.1, 0.15) is 35.5 Å². The number of aromatic nitrogens is 1. The molecule has 5 heteroatoms. The van der Waals surface area contributed by atoms with E-state index in [0.29, 0.717) is 19.6 Å². The Balaban J connectivity index is 1.77. The molecule has 2 aromatic carbocycles. The third-order valence-corrected chi connectivity index (χ3v) is 5.50. The number of rotatable bonds is 8. The number of hydrogen-bond acceptors (Lipinski definition) is 1. The lowest BCUT2D eigenvalue weighted by molar-refractivity contribution is -0.131. The highest BCUT2D eigenvalue weighted by Gasteiger charge is 2.24. The first-order valence-corrected chi connectivity index (χ1v) is 10.3. The minimum atomic E-state index is -0.681.